The van der Waals surface area contributed by atoms with Crippen molar-refractivity contribution in [2.24, 2.45) is 10.2 Å². The number of aromatic nitrogens is 2. The number of carbonyl (C=O) groups excluding carboxylic acids is 1. The van der Waals surface area contributed by atoms with E-state index < -0.39 is 11.5 Å². The lowest BCUT2D eigenvalue weighted by Gasteiger charge is -2.34. The molecule has 0 saturated heterocycles. The molecule has 1 aliphatic rings. The van der Waals surface area contributed by atoms with Crippen molar-refractivity contribution >= 4 is 51.4 Å². The van der Waals surface area contributed by atoms with Gasteiger partial charge in [0.2, 0.25) is 5.01 Å². The van der Waals surface area contributed by atoms with Gasteiger partial charge in [-0.25, -0.2) is 4.79 Å². The van der Waals surface area contributed by atoms with Gasteiger partial charge in [-0.15, -0.1) is 20.4 Å². The Bertz CT molecular complexity index is 980. The number of benzene rings is 1. The Morgan fingerprint density at radius 2 is 2.10 bits per heavy atom. The molecule has 1 aromatic carbocycles. The summed E-state index contributed by atoms with van der Waals surface area (Å²) >= 11 is 0.516. The highest BCUT2D eigenvalue weighted by Crippen LogP contribution is 2.41. The molecule has 13 heteroatoms. The van der Waals surface area contributed by atoms with E-state index in [-0.39, 0.29) is 45.6 Å². The minimum atomic E-state index is -4.46. The van der Waals surface area contributed by atoms with E-state index in [4.69, 9.17) is 4.74 Å². The first-order valence-electron chi connectivity index (χ1n) is 9.40. The minimum Gasteiger partial charge on any atom is -0.458 e. The molecule has 31 heavy (non-hydrogen) atoms. The zero-order valence-electron chi connectivity index (χ0n) is 17.2. The second kappa shape index (κ2) is 9.39. The maximum atomic E-state index is 12.7. The van der Waals surface area contributed by atoms with Crippen molar-refractivity contribution in [3.05, 3.63) is 22.7 Å². The maximum Gasteiger partial charge on any atom is 0.461 e. The molecule has 1 atom stereocenters. The van der Waals surface area contributed by atoms with Crippen molar-refractivity contribution in [2.75, 3.05) is 16.7 Å². The number of nitrogens with one attached hydrogen (secondary N) is 1. The zero-order valence-corrected chi connectivity index (χ0v) is 18.9. The molecule has 168 valence electrons. The van der Waals surface area contributed by atoms with E-state index in [1.54, 1.807) is 26.0 Å². The van der Waals surface area contributed by atoms with Gasteiger partial charge < -0.3 is 14.4 Å². The topological polar surface area (TPSA) is 92.1 Å². The summed E-state index contributed by atoms with van der Waals surface area (Å²) in [5.74, 6) is -0.621. The Labute approximate surface area is 185 Å². The van der Waals surface area contributed by atoms with Crippen LogP contribution in [0, 0.1) is 0 Å². The number of alkyl halides is 3. The lowest BCUT2D eigenvalue weighted by molar-refractivity contribution is -0.0324. The number of anilines is 2. The van der Waals surface area contributed by atoms with Crippen LogP contribution in [0.5, 0.6) is 0 Å². The number of azo groups is 1. The number of hydrogen-bond donors (Lipinski definition) is 1. The summed E-state index contributed by atoms with van der Waals surface area (Å²) in [5.41, 5.74) is -2.24. The molecule has 0 spiro atoms. The monoisotopic (exact) mass is 474 g/mol. The van der Waals surface area contributed by atoms with Crippen LogP contribution in [-0.2, 0) is 11.2 Å². The van der Waals surface area contributed by atoms with Gasteiger partial charge >= 0.3 is 11.5 Å². The van der Waals surface area contributed by atoms with Gasteiger partial charge in [-0.2, -0.15) is 13.2 Å². The molecular weight excluding hydrogens is 453 g/mol. The minimum absolute atomic E-state index is 0.0229. The summed E-state index contributed by atoms with van der Waals surface area (Å²) in [5, 5.41) is 15.7. The Morgan fingerprint density at radius 1 is 1.35 bits per heavy atom. The number of esters is 1. The van der Waals surface area contributed by atoms with E-state index in [9.17, 15) is 18.0 Å². The molecule has 2 aromatic rings. The molecule has 1 aromatic heterocycles. The Hall–Kier alpha value is -2.41. The quantitative estimate of drug-likeness (QED) is 0.318. The van der Waals surface area contributed by atoms with Gasteiger partial charge in [0.1, 0.15) is 5.69 Å². The average Bonchev–Trinajstić information content (AvgIpc) is 3.16. The van der Waals surface area contributed by atoms with Crippen molar-refractivity contribution in [3.63, 3.8) is 0 Å². The molecule has 0 amide bonds. The second-order valence-electron chi connectivity index (χ2n) is 7.19. The van der Waals surface area contributed by atoms with Crippen molar-refractivity contribution in [2.45, 2.75) is 51.3 Å². The van der Waals surface area contributed by atoms with Gasteiger partial charge in [-0.05, 0) is 51.3 Å². The Balaban J connectivity index is 1.88. The highest BCUT2D eigenvalue weighted by molar-refractivity contribution is 8.01. The molecule has 2 heterocycles. The molecule has 1 N–H and O–H groups in total. The van der Waals surface area contributed by atoms with Crippen LogP contribution in [0.15, 0.2) is 22.4 Å². The summed E-state index contributed by atoms with van der Waals surface area (Å²) in [6, 6.07) is 3.63. The number of hydrogen-bond acceptors (Lipinski definition) is 10. The fourth-order valence-corrected chi connectivity index (χ4v) is 3.86. The fraction of sp³-hybridized carbons (Fsp3) is 0.500. The van der Waals surface area contributed by atoms with Crippen LogP contribution in [0.1, 0.15) is 42.6 Å². The fourth-order valence-electron chi connectivity index (χ4n) is 2.92. The normalized spacial score (nSPS) is 16.6. The summed E-state index contributed by atoms with van der Waals surface area (Å²) in [6.45, 7) is 5.48. The average molecular weight is 475 g/mol. The van der Waals surface area contributed by atoms with Crippen LogP contribution in [-0.4, -0.2) is 40.9 Å². The molecule has 0 saturated carbocycles. The standard InChI is InChI=1S/C18H21F3N6O2S2/c1-9(2)29-16(28)15-23-25-17(30-15)24-22-12-7-11-6-5-10(3)27(4)14(11)8-13(12)26-31-18(19,20)21/h7-10,26H,5-6H2,1-4H3. The van der Waals surface area contributed by atoms with Gasteiger partial charge in [-0.3, -0.25) is 0 Å². The highest BCUT2D eigenvalue weighted by Gasteiger charge is 2.30. The van der Waals surface area contributed by atoms with Gasteiger partial charge in [0.25, 0.3) is 5.13 Å². The van der Waals surface area contributed by atoms with E-state index in [1.807, 2.05) is 11.9 Å². The van der Waals surface area contributed by atoms with Crippen molar-refractivity contribution < 1.29 is 22.7 Å². The van der Waals surface area contributed by atoms with Crippen LogP contribution >= 0.6 is 23.3 Å². The summed E-state index contributed by atoms with van der Waals surface area (Å²) in [6.07, 6.45) is 1.39. The number of halogens is 3. The second-order valence-corrected chi connectivity index (χ2v) is 9.02. The molecule has 1 unspecified atom stereocenters. The Kier molecular flexibility index (Phi) is 7.04. The van der Waals surface area contributed by atoms with E-state index >= 15 is 0 Å². The van der Waals surface area contributed by atoms with E-state index in [0.717, 1.165) is 35.4 Å². The predicted molar refractivity (Wildman–Crippen MR) is 115 cm³/mol. The first-order chi connectivity index (χ1) is 14.5. The summed E-state index contributed by atoms with van der Waals surface area (Å²) in [4.78, 5) is 13.9. The molecule has 0 bridgehead atoms. The molecule has 8 nitrogen and oxygen atoms in total. The van der Waals surface area contributed by atoms with Gasteiger partial charge in [-0.1, -0.05) is 11.3 Å². The smallest absolute Gasteiger partial charge is 0.458 e. The van der Waals surface area contributed by atoms with Crippen molar-refractivity contribution in [1.29, 1.82) is 0 Å². The number of aryl methyl sites for hydroxylation is 1. The van der Waals surface area contributed by atoms with Crippen molar-refractivity contribution in [1.82, 2.24) is 10.2 Å². The third-order valence-electron chi connectivity index (χ3n) is 4.52. The number of carbonyl (C=O) groups is 1. The number of rotatable bonds is 6. The predicted octanol–water partition coefficient (Wildman–Crippen LogP) is 5.87. The largest absolute Gasteiger partial charge is 0.461 e. The highest BCUT2D eigenvalue weighted by atomic mass is 32.2. The molecular formula is C18H21F3N6O2S2. The molecule has 1 aliphatic heterocycles. The third-order valence-corrected chi connectivity index (χ3v) is 5.86. The maximum absolute atomic E-state index is 12.7. The molecule has 0 aliphatic carbocycles. The Morgan fingerprint density at radius 3 is 2.77 bits per heavy atom. The van der Waals surface area contributed by atoms with Crippen LogP contribution in [0.3, 0.4) is 0 Å². The van der Waals surface area contributed by atoms with Crippen LogP contribution in [0.2, 0.25) is 0 Å². The van der Waals surface area contributed by atoms with E-state index in [2.05, 4.69) is 32.1 Å². The summed E-state index contributed by atoms with van der Waals surface area (Å²) < 4.78 is 45.6. The molecule has 3 rings (SSSR count). The number of fused-ring (bicyclic) bond motifs is 1. The third kappa shape index (κ3) is 6.06. The van der Waals surface area contributed by atoms with Crippen LogP contribution < -0.4 is 9.62 Å². The number of ether oxygens (including phenoxy) is 1. The van der Waals surface area contributed by atoms with Gasteiger partial charge in [0.15, 0.2) is 0 Å². The summed E-state index contributed by atoms with van der Waals surface area (Å²) in [7, 11) is 1.91. The molecule has 0 radical (unpaired) electrons. The lowest BCUT2D eigenvalue weighted by Crippen LogP contribution is -2.33. The molecule has 0 fully saturated rings. The van der Waals surface area contributed by atoms with E-state index in [1.165, 1.54) is 0 Å². The first kappa shape index (κ1) is 23.3. The first-order valence-corrected chi connectivity index (χ1v) is 11.0. The van der Waals surface area contributed by atoms with Crippen LogP contribution in [0.25, 0.3) is 0 Å². The van der Waals surface area contributed by atoms with Gasteiger partial charge in [0.05, 0.1) is 23.7 Å². The van der Waals surface area contributed by atoms with E-state index in [0.29, 0.717) is 0 Å². The SMILES string of the molecule is CC(C)OC(=O)c1nnc(N=Nc2cc3c(cc2NSC(F)(F)F)N(C)C(C)CC3)s1. The number of nitrogens with zero attached hydrogens (tertiary/aromatic N) is 5. The van der Waals surface area contributed by atoms with Gasteiger partial charge in [0, 0.05) is 18.8 Å². The van der Waals surface area contributed by atoms with Crippen molar-refractivity contribution in [3.8, 4) is 0 Å². The lowest BCUT2D eigenvalue weighted by atomic mass is 9.96. The van der Waals surface area contributed by atoms with Crippen LogP contribution in [0.4, 0.5) is 35.4 Å². The zero-order chi connectivity index (χ0) is 22.8.